The van der Waals surface area contributed by atoms with Gasteiger partial charge in [-0.15, -0.1) is 5.10 Å². The number of likely N-dealkylation sites (tertiary alicyclic amines) is 1. The van der Waals surface area contributed by atoms with Crippen LogP contribution < -0.4 is 5.32 Å². The molecule has 3 rings (SSSR count). The third kappa shape index (κ3) is 5.88. The zero-order valence-electron chi connectivity index (χ0n) is 17.9. The first-order valence-corrected chi connectivity index (χ1v) is 10.5. The van der Waals surface area contributed by atoms with Crippen LogP contribution in [0, 0.1) is 0 Å². The molecule has 0 spiro atoms. The van der Waals surface area contributed by atoms with Crippen molar-refractivity contribution in [1.29, 1.82) is 0 Å². The lowest BCUT2D eigenvalue weighted by atomic mass is 10.0. The lowest BCUT2D eigenvalue weighted by molar-refractivity contribution is -0.173. The van der Waals surface area contributed by atoms with Gasteiger partial charge in [0.15, 0.2) is 5.69 Å². The topological polar surface area (TPSA) is 106 Å². The predicted octanol–water partition coefficient (Wildman–Crippen LogP) is 2.26. The zero-order chi connectivity index (χ0) is 24.0. The number of carbonyl (C=O) groups is 3. The average molecular weight is 467 g/mol. The Labute approximate surface area is 187 Å². The van der Waals surface area contributed by atoms with Gasteiger partial charge in [-0.25, -0.2) is 4.79 Å². The van der Waals surface area contributed by atoms with Gasteiger partial charge in [0.1, 0.15) is 6.04 Å². The van der Waals surface area contributed by atoms with Gasteiger partial charge in [0.25, 0.3) is 5.91 Å². The number of amides is 2. The highest BCUT2D eigenvalue weighted by atomic mass is 19.4. The SMILES string of the molecule is CCOC(=O)C1CCC(c2ccccc2)N1C(=O)c1cn(CCCNC(=O)C(F)(F)F)nn1. The number of benzene rings is 1. The molecule has 0 bridgehead atoms. The fourth-order valence-electron chi connectivity index (χ4n) is 3.75. The Morgan fingerprint density at radius 2 is 1.91 bits per heavy atom. The molecule has 1 aromatic carbocycles. The Bertz CT molecular complexity index is 980. The highest BCUT2D eigenvalue weighted by Crippen LogP contribution is 2.37. The van der Waals surface area contributed by atoms with E-state index >= 15 is 0 Å². The van der Waals surface area contributed by atoms with Gasteiger partial charge in [-0.05, 0) is 31.7 Å². The smallest absolute Gasteiger partial charge is 0.464 e. The molecule has 0 aliphatic carbocycles. The maximum absolute atomic E-state index is 13.3. The predicted molar refractivity (Wildman–Crippen MR) is 109 cm³/mol. The molecule has 1 saturated heterocycles. The first kappa shape index (κ1) is 24.2. The first-order valence-electron chi connectivity index (χ1n) is 10.5. The van der Waals surface area contributed by atoms with Crippen molar-refractivity contribution in [1.82, 2.24) is 25.2 Å². The molecule has 1 aromatic heterocycles. The molecule has 1 aliphatic heterocycles. The van der Waals surface area contributed by atoms with Gasteiger partial charge in [-0.1, -0.05) is 35.5 Å². The number of hydrogen-bond acceptors (Lipinski definition) is 6. The van der Waals surface area contributed by atoms with Gasteiger partial charge in [-0.3, -0.25) is 14.3 Å². The minimum Gasteiger partial charge on any atom is -0.464 e. The minimum absolute atomic E-state index is 0.00598. The second kappa shape index (κ2) is 10.5. The van der Waals surface area contributed by atoms with E-state index in [-0.39, 0.29) is 37.9 Å². The van der Waals surface area contributed by atoms with Crippen LogP contribution in [0.5, 0.6) is 0 Å². The summed E-state index contributed by atoms with van der Waals surface area (Å²) in [4.78, 5) is 38.1. The quantitative estimate of drug-likeness (QED) is 0.472. The number of nitrogens with one attached hydrogen (secondary N) is 1. The van der Waals surface area contributed by atoms with Crippen LogP contribution in [0.2, 0.25) is 0 Å². The van der Waals surface area contributed by atoms with Crippen molar-refractivity contribution in [2.24, 2.45) is 0 Å². The number of aromatic nitrogens is 3. The largest absolute Gasteiger partial charge is 0.471 e. The molecule has 1 N–H and O–H groups in total. The van der Waals surface area contributed by atoms with E-state index in [1.165, 1.54) is 15.8 Å². The van der Waals surface area contributed by atoms with Crippen LogP contribution >= 0.6 is 0 Å². The fourth-order valence-corrected chi connectivity index (χ4v) is 3.75. The maximum Gasteiger partial charge on any atom is 0.471 e. The van der Waals surface area contributed by atoms with Crippen LogP contribution in [0.3, 0.4) is 0 Å². The van der Waals surface area contributed by atoms with Gasteiger partial charge >= 0.3 is 18.1 Å². The van der Waals surface area contributed by atoms with Crippen molar-refractivity contribution in [3.05, 3.63) is 47.8 Å². The maximum atomic E-state index is 13.3. The third-order valence-corrected chi connectivity index (χ3v) is 5.23. The van der Waals surface area contributed by atoms with Crippen molar-refractivity contribution in [2.75, 3.05) is 13.2 Å². The monoisotopic (exact) mass is 467 g/mol. The lowest BCUT2D eigenvalue weighted by Gasteiger charge is -2.28. The van der Waals surface area contributed by atoms with Gasteiger partial charge in [0.2, 0.25) is 0 Å². The number of rotatable bonds is 8. The molecule has 2 heterocycles. The first-order chi connectivity index (χ1) is 15.7. The molecule has 12 heteroatoms. The molecule has 2 aromatic rings. The summed E-state index contributed by atoms with van der Waals surface area (Å²) < 4.78 is 43.1. The molecule has 2 unspecified atom stereocenters. The van der Waals surface area contributed by atoms with Crippen LogP contribution in [0.1, 0.15) is 48.3 Å². The number of aryl methyl sites for hydroxylation is 1. The van der Waals surface area contributed by atoms with Crippen LogP contribution in [0.4, 0.5) is 13.2 Å². The highest BCUT2D eigenvalue weighted by molar-refractivity contribution is 5.95. The van der Waals surface area contributed by atoms with Gasteiger partial charge < -0.3 is 15.0 Å². The summed E-state index contributed by atoms with van der Waals surface area (Å²) in [6.45, 7) is 1.81. The number of halogens is 3. The fraction of sp³-hybridized carbons (Fsp3) is 0.476. The molecule has 0 saturated carbocycles. The van der Waals surface area contributed by atoms with E-state index in [1.807, 2.05) is 30.3 Å². The Morgan fingerprint density at radius 1 is 1.18 bits per heavy atom. The van der Waals surface area contributed by atoms with Crippen molar-refractivity contribution in [3.8, 4) is 0 Å². The van der Waals surface area contributed by atoms with Crippen molar-refractivity contribution < 1.29 is 32.3 Å². The molecule has 0 radical (unpaired) electrons. The molecule has 2 atom stereocenters. The molecular formula is C21H24F3N5O4. The number of esters is 1. The Kier molecular flexibility index (Phi) is 7.67. The minimum atomic E-state index is -4.94. The molecule has 1 aliphatic rings. The molecular weight excluding hydrogens is 443 g/mol. The van der Waals surface area contributed by atoms with Gasteiger partial charge in [0.05, 0.1) is 18.8 Å². The summed E-state index contributed by atoms with van der Waals surface area (Å²) in [5, 5.41) is 9.50. The summed E-state index contributed by atoms with van der Waals surface area (Å²) >= 11 is 0. The third-order valence-electron chi connectivity index (χ3n) is 5.23. The van der Waals surface area contributed by atoms with Crippen LogP contribution in [-0.2, 0) is 20.9 Å². The molecule has 9 nitrogen and oxygen atoms in total. The lowest BCUT2D eigenvalue weighted by Crippen LogP contribution is -2.42. The van der Waals surface area contributed by atoms with E-state index in [1.54, 1.807) is 12.2 Å². The standard InChI is InChI=1S/C21H24F3N5O4/c1-2-33-19(31)17-10-9-16(14-7-4-3-5-8-14)29(17)18(30)15-13-28(27-26-15)12-6-11-25-20(32)21(22,23)24/h3-5,7-8,13,16-17H,2,6,9-12H2,1H3,(H,25,32). The van der Waals surface area contributed by atoms with E-state index < -0.39 is 30.0 Å². The summed E-state index contributed by atoms with van der Waals surface area (Å²) in [6.07, 6.45) is -2.39. The number of hydrogen-bond donors (Lipinski definition) is 1. The van der Waals surface area contributed by atoms with Gasteiger partial charge in [0, 0.05) is 13.1 Å². The Morgan fingerprint density at radius 3 is 2.58 bits per heavy atom. The average Bonchev–Trinajstić information content (AvgIpc) is 3.44. The number of ether oxygens (including phenoxy) is 1. The summed E-state index contributed by atoms with van der Waals surface area (Å²) in [7, 11) is 0. The molecule has 33 heavy (non-hydrogen) atoms. The summed E-state index contributed by atoms with van der Waals surface area (Å²) in [6, 6.07) is 8.22. The highest BCUT2D eigenvalue weighted by Gasteiger charge is 2.43. The van der Waals surface area contributed by atoms with E-state index in [2.05, 4.69) is 10.3 Å². The molecule has 1 fully saturated rings. The zero-order valence-corrected chi connectivity index (χ0v) is 17.9. The molecule has 178 valence electrons. The van der Waals surface area contributed by atoms with E-state index in [9.17, 15) is 27.6 Å². The summed E-state index contributed by atoms with van der Waals surface area (Å²) in [5.41, 5.74) is 0.886. The Balaban J connectivity index is 1.69. The Hall–Kier alpha value is -3.44. The van der Waals surface area contributed by atoms with Gasteiger partial charge in [-0.2, -0.15) is 13.2 Å². The van der Waals surface area contributed by atoms with Crippen molar-refractivity contribution in [2.45, 2.75) is 51.0 Å². The van der Waals surface area contributed by atoms with Crippen LogP contribution in [-0.4, -0.2) is 63.0 Å². The number of carbonyl (C=O) groups excluding carboxylic acids is 3. The molecule has 2 amide bonds. The summed E-state index contributed by atoms with van der Waals surface area (Å²) in [5.74, 6) is -2.99. The number of nitrogens with zero attached hydrogens (tertiary/aromatic N) is 4. The van der Waals surface area contributed by atoms with E-state index in [4.69, 9.17) is 4.74 Å². The van der Waals surface area contributed by atoms with E-state index in [0.717, 1.165) is 5.56 Å². The van der Waals surface area contributed by atoms with Crippen molar-refractivity contribution >= 4 is 17.8 Å². The second-order valence-electron chi connectivity index (χ2n) is 7.46. The van der Waals surface area contributed by atoms with Crippen LogP contribution in [0.25, 0.3) is 0 Å². The number of alkyl halides is 3. The van der Waals surface area contributed by atoms with Crippen molar-refractivity contribution in [3.63, 3.8) is 0 Å². The normalized spacial score (nSPS) is 18.2. The second-order valence-corrected chi connectivity index (χ2v) is 7.46. The van der Waals surface area contributed by atoms with E-state index in [0.29, 0.717) is 12.8 Å². The van der Waals surface area contributed by atoms with Crippen LogP contribution in [0.15, 0.2) is 36.5 Å².